The fourth-order valence-corrected chi connectivity index (χ4v) is 3.33. The standard InChI is InChI=1S/C16H27N3O2S2.HI/c1-17-16(18-10-4-5-11-22-2)19-12-14-6-8-15(9-7-14)13-23(3,20)21;/h6-9H,4-5,10-13H2,1-3H3,(H2,17,18,19);1H. The normalized spacial score (nSPS) is 11.7. The second kappa shape index (κ2) is 12.8. The molecule has 1 aromatic rings. The van der Waals surface area contributed by atoms with Crippen molar-refractivity contribution < 1.29 is 8.42 Å². The summed E-state index contributed by atoms with van der Waals surface area (Å²) in [5, 5.41) is 6.55. The van der Waals surface area contributed by atoms with E-state index in [4.69, 9.17) is 0 Å². The number of rotatable bonds is 9. The second-order valence-corrected chi connectivity index (χ2v) is 8.56. The smallest absolute Gasteiger partial charge is 0.191 e. The van der Waals surface area contributed by atoms with E-state index in [0.717, 1.165) is 30.1 Å². The van der Waals surface area contributed by atoms with Crippen LogP contribution in [0, 0.1) is 0 Å². The number of sulfone groups is 1. The molecular formula is C16H28IN3O2S2. The number of benzene rings is 1. The van der Waals surface area contributed by atoms with Gasteiger partial charge in [0.1, 0.15) is 0 Å². The van der Waals surface area contributed by atoms with Crippen molar-refractivity contribution in [3.05, 3.63) is 35.4 Å². The maximum absolute atomic E-state index is 11.3. The van der Waals surface area contributed by atoms with E-state index in [-0.39, 0.29) is 29.7 Å². The van der Waals surface area contributed by atoms with Crippen LogP contribution in [0.3, 0.4) is 0 Å². The number of hydrogen-bond donors (Lipinski definition) is 2. The molecule has 0 aliphatic heterocycles. The number of thioether (sulfide) groups is 1. The van der Waals surface area contributed by atoms with Crippen molar-refractivity contribution in [3.8, 4) is 0 Å². The van der Waals surface area contributed by atoms with E-state index in [0.29, 0.717) is 6.54 Å². The van der Waals surface area contributed by atoms with Gasteiger partial charge in [0.15, 0.2) is 15.8 Å². The maximum atomic E-state index is 11.3. The predicted molar refractivity (Wildman–Crippen MR) is 116 cm³/mol. The third kappa shape index (κ3) is 11.1. The van der Waals surface area contributed by atoms with Crippen LogP contribution in [0.15, 0.2) is 29.3 Å². The number of guanidine groups is 1. The quantitative estimate of drug-likeness (QED) is 0.244. The molecular weight excluding hydrogens is 457 g/mol. The molecule has 0 aliphatic rings. The summed E-state index contributed by atoms with van der Waals surface area (Å²) in [4.78, 5) is 4.20. The number of halogens is 1. The van der Waals surface area contributed by atoms with Crippen molar-refractivity contribution in [1.82, 2.24) is 10.6 Å². The zero-order valence-electron chi connectivity index (χ0n) is 14.5. The van der Waals surface area contributed by atoms with Crippen molar-refractivity contribution in [2.45, 2.75) is 25.1 Å². The molecule has 24 heavy (non-hydrogen) atoms. The Morgan fingerprint density at radius 1 is 1.12 bits per heavy atom. The molecule has 5 nitrogen and oxygen atoms in total. The molecule has 0 atom stereocenters. The lowest BCUT2D eigenvalue weighted by Gasteiger charge is -2.12. The van der Waals surface area contributed by atoms with Gasteiger partial charge in [0.2, 0.25) is 0 Å². The summed E-state index contributed by atoms with van der Waals surface area (Å²) in [7, 11) is -1.23. The van der Waals surface area contributed by atoms with Gasteiger partial charge in [-0.05, 0) is 36.0 Å². The highest BCUT2D eigenvalue weighted by atomic mass is 127. The number of nitrogens with zero attached hydrogens (tertiary/aromatic N) is 1. The van der Waals surface area contributed by atoms with E-state index in [1.165, 1.54) is 18.4 Å². The highest BCUT2D eigenvalue weighted by molar-refractivity contribution is 14.0. The summed E-state index contributed by atoms with van der Waals surface area (Å²) in [6.45, 7) is 1.57. The van der Waals surface area contributed by atoms with Gasteiger partial charge in [0, 0.05) is 26.4 Å². The van der Waals surface area contributed by atoms with Gasteiger partial charge in [-0.15, -0.1) is 24.0 Å². The Balaban J connectivity index is 0.00000529. The Hall–Kier alpha value is -0.480. The molecule has 0 fully saturated rings. The molecule has 0 heterocycles. The van der Waals surface area contributed by atoms with Gasteiger partial charge in [-0.3, -0.25) is 4.99 Å². The zero-order valence-corrected chi connectivity index (χ0v) is 18.5. The van der Waals surface area contributed by atoms with Crippen molar-refractivity contribution in [3.63, 3.8) is 0 Å². The molecule has 0 spiro atoms. The Morgan fingerprint density at radius 2 is 1.75 bits per heavy atom. The minimum atomic E-state index is -2.98. The number of aliphatic imine (C=N–C) groups is 1. The summed E-state index contributed by atoms with van der Waals surface area (Å²) >= 11 is 1.87. The molecule has 0 amide bonds. The first-order valence-corrected chi connectivity index (χ1v) is 11.1. The number of unbranched alkanes of at least 4 members (excludes halogenated alkanes) is 1. The third-order valence-electron chi connectivity index (χ3n) is 3.20. The fourth-order valence-electron chi connectivity index (χ4n) is 2.04. The monoisotopic (exact) mass is 485 g/mol. The second-order valence-electron chi connectivity index (χ2n) is 5.44. The molecule has 8 heteroatoms. The van der Waals surface area contributed by atoms with E-state index in [1.54, 1.807) is 7.05 Å². The molecule has 0 radical (unpaired) electrons. The Bertz CT molecular complexity index is 590. The van der Waals surface area contributed by atoms with Crippen molar-refractivity contribution >= 4 is 51.5 Å². The minimum Gasteiger partial charge on any atom is -0.356 e. The topological polar surface area (TPSA) is 70.6 Å². The van der Waals surface area contributed by atoms with E-state index < -0.39 is 9.84 Å². The van der Waals surface area contributed by atoms with E-state index in [2.05, 4.69) is 21.9 Å². The van der Waals surface area contributed by atoms with E-state index in [1.807, 2.05) is 36.0 Å². The average molecular weight is 485 g/mol. The molecule has 138 valence electrons. The highest BCUT2D eigenvalue weighted by Gasteiger charge is 2.04. The van der Waals surface area contributed by atoms with Crippen molar-refractivity contribution in [2.75, 3.05) is 31.9 Å². The van der Waals surface area contributed by atoms with E-state index >= 15 is 0 Å². The first-order valence-electron chi connectivity index (χ1n) is 7.63. The van der Waals surface area contributed by atoms with Crippen molar-refractivity contribution in [1.29, 1.82) is 0 Å². The Labute approximate surface area is 167 Å². The largest absolute Gasteiger partial charge is 0.356 e. The predicted octanol–water partition coefficient (Wildman–Crippen LogP) is 2.66. The van der Waals surface area contributed by atoms with Crippen LogP contribution in [-0.2, 0) is 22.1 Å². The SMILES string of the molecule is CN=C(NCCCCSC)NCc1ccc(CS(C)(=O)=O)cc1.I. The first kappa shape index (κ1) is 23.5. The molecule has 0 bridgehead atoms. The zero-order chi connectivity index (χ0) is 17.1. The molecule has 1 aromatic carbocycles. The minimum absolute atomic E-state index is 0. The van der Waals surface area contributed by atoms with Gasteiger partial charge in [-0.1, -0.05) is 24.3 Å². The highest BCUT2D eigenvalue weighted by Crippen LogP contribution is 2.07. The summed E-state index contributed by atoms with van der Waals surface area (Å²) < 4.78 is 22.5. The van der Waals surface area contributed by atoms with Crippen LogP contribution < -0.4 is 10.6 Å². The lowest BCUT2D eigenvalue weighted by molar-refractivity contribution is 0.601. The van der Waals surface area contributed by atoms with Crippen LogP contribution >= 0.6 is 35.7 Å². The summed E-state index contributed by atoms with van der Waals surface area (Å²) in [5.41, 5.74) is 1.90. The van der Waals surface area contributed by atoms with Crippen LogP contribution in [0.4, 0.5) is 0 Å². The lowest BCUT2D eigenvalue weighted by Crippen LogP contribution is -2.37. The van der Waals surface area contributed by atoms with Gasteiger partial charge >= 0.3 is 0 Å². The van der Waals surface area contributed by atoms with Crippen LogP contribution in [-0.4, -0.2) is 46.2 Å². The summed E-state index contributed by atoms with van der Waals surface area (Å²) in [6, 6.07) is 7.60. The Kier molecular flexibility index (Phi) is 12.6. The first-order chi connectivity index (χ1) is 10.9. The molecule has 0 aliphatic carbocycles. The van der Waals surface area contributed by atoms with Gasteiger partial charge in [-0.25, -0.2) is 8.42 Å². The lowest BCUT2D eigenvalue weighted by atomic mass is 10.1. The fraction of sp³-hybridized carbons (Fsp3) is 0.562. The molecule has 0 saturated heterocycles. The molecule has 0 aromatic heterocycles. The van der Waals surface area contributed by atoms with Crippen molar-refractivity contribution in [2.24, 2.45) is 4.99 Å². The molecule has 2 N–H and O–H groups in total. The molecule has 1 rings (SSSR count). The Morgan fingerprint density at radius 3 is 2.29 bits per heavy atom. The summed E-state index contributed by atoms with van der Waals surface area (Å²) in [5.74, 6) is 2.06. The third-order valence-corrected chi connectivity index (χ3v) is 4.76. The van der Waals surface area contributed by atoms with Crippen LogP contribution in [0.5, 0.6) is 0 Å². The van der Waals surface area contributed by atoms with Gasteiger partial charge < -0.3 is 10.6 Å². The molecule has 0 unspecified atom stereocenters. The number of nitrogens with one attached hydrogen (secondary N) is 2. The summed E-state index contributed by atoms with van der Waals surface area (Å²) in [6.07, 6.45) is 5.70. The van der Waals surface area contributed by atoms with E-state index in [9.17, 15) is 8.42 Å². The average Bonchev–Trinajstić information content (AvgIpc) is 2.50. The van der Waals surface area contributed by atoms with Gasteiger partial charge in [-0.2, -0.15) is 11.8 Å². The number of hydrogen-bond acceptors (Lipinski definition) is 4. The van der Waals surface area contributed by atoms with Crippen LogP contribution in [0.1, 0.15) is 24.0 Å². The molecule has 0 saturated carbocycles. The van der Waals surface area contributed by atoms with Crippen LogP contribution in [0.25, 0.3) is 0 Å². The van der Waals surface area contributed by atoms with Gasteiger partial charge in [0.05, 0.1) is 5.75 Å². The maximum Gasteiger partial charge on any atom is 0.191 e. The van der Waals surface area contributed by atoms with Crippen LogP contribution in [0.2, 0.25) is 0 Å². The van der Waals surface area contributed by atoms with Gasteiger partial charge in [0.25, 0.3) is 0 Å².